The van der Waals surface area contributed by atoms with Gasteiger partial charge in [-0.25, -0.2) is 13.7 Å². The minimum atomic E-state index is -0.854. The molecule has 20 heavy (non-hydrogen) atoms. The van der Waals surface area contributed by atoms with Gasteiger partial charge in [-0.3, -0.25) is 9.59 Å². The summed E-state index contributed by atoms with van der Waals surface area (Å²) in [6.45, 7) is 0. The van der Waals surface area contributed by atoms with Crippen molar-refractivity contribution in [2.75, 3.05) is 4.90 Å². The molecule has 100 valence electrons. The number of rotatable bonds is 1. The number of carbonyl (C=O) groups is 2. The molecule has 0 bridgehead atoms. The van der Waals surface area contributed by atoms with Crippen molar-refractivity contribution in [3.05, 3.63) is 63.6 Å². The van der Waals surface area contributed by atoms with E-state index in [0.717, 1.165) is 12.1 Å². The fourth-order valence-corrected chi connectivity index (χ4v) is 2.41. The maximum absolute atomic E-state index is 13.9. The van der Waals surface area contributed by atoms with Crippen LogP contribution in [0.5, 0.6) is 0 Å². The van der Waals surface area contributed by atoms with E-state index in [2.05, 4.69) is 15.9 Å². The second kappa shape index (κ2) is 4.49. The van der Waals surface area contributed by atoms with Crippen molar-refractivity contribution >= 4 is 33.4 Å². The van der Waals surface area contributed by atoms with E-state index >= 15 is 0 Å². The van der Waals surface area contributed by atoms with E-state index in [4.69, 9.17) is 0 Å². The van der Waals surface area contributed by atoms with Gasteiger partial charge in [0.15, 0.2) is 0 Å². The second-order valence-electron chi connectivity index (χ2n) is 4.21. The number of hydrogen-bond acceptors (Lipinski definition) is 2. The number of halogens is 3. The summed E-state index contributed by atoms with van der Waals surface area (Å²) in [6.07, 6.45) is 0. The highest BCUT2D eigenvalue weighted by atomic mass is 79.9. The van der Waals surface area contributed by atoms with E-state index in [-0.39, 0.29) is 15.6 Å². The molecule has 0 atom stereocenters. The minimum Gasteiger partial charge on any atom is -0.268 e. The molecule has 1 aliphatic rings. The van der Waals surface area contributed by atoms with Crippen LogP contribution in [-0.2, 0) is 0 Å². The first kappa shape index (κ1) is 12.9. The molecular formula is C14H6BrF2NO2. The first-order chi connectivity index (χ1) is 9.50. The second-order valence-corrected chi connectivity index (χ2v) is 5.06. The van der Waals surface area contributed by atoms with Gasteiger partial charge >= 0.3 is 0 Å². The van der Waals surface area contributed by atoms with Crippen LogP contribution in [0.3, 0.4) is 0 Å². The van der Waals surface area contributed by atoms with Gasteiger partial charge in [-0.15, -0.1) is 0 Å². The topological polar surface area (TPSA) is 37.4 Å². The van der Waals surface area contributed by atoms with E-state index in [1.165, 1.54) is 12.1 Å². The summed E-state index contributed by atoms with van der Waals surface area (Å²) in [7, 11) is 0. The molecule has 0 spiro atoms. The van der Waals surface area contributed by atoms with E-state index < -0.39 is 29.1 Å². The summed E-state index contributed by atoms with van der Waals surface area (Å²) >= 11 is 2.84. The zero-order valence-corrected chi connectivity index (χ0v) is 11.4. The number of fused-ring (bicyclic) bond motifs is 1. The normalized spacial score (nSPS) is 13.8. The summed E-state index contributed by atoms with van der Waals surface area (Å²) < 4.78 is 27.4. The molecule has 1 aliphatic heterocycles. The molecule has 2 aromatic carbocycles. The summed E-state index contributed by atoms with van der Waals surface area (Å²) in [5.41, 5.74) is -0.0302. The number of imide groups is 1. The fraction of sp³-hybridized carbons (Fsp3) is 0. The molecule has 3 nitrogen and oxygen atoms in total. The van der Waals surface area contributed by atoms with Gasteiger partial charge < -0.3 is 0 Å². The average molecular weight is 338 g/mol. The molecule has 0 fully saturated rings. The molecule has 1 heterocycles. The Morgan fingerprint density at radius 2 is 1.45 bits per heavy atom. The quantitative estimate of drug-likeness (QED) is 0.589. The van der Waals surface area contributed by atoms with Crippen molar-refractivity contribution in [3.8, 4) is 0 Å². The molecule has 0 unspecified atom stereocenters. The molecular weight excluding hydrogens is 332 g/mol. The van der Waals surface area contributed by atoms with Gasteiger partial charge in [0.2, 0.25) is 0 Å². The lowest BCUT2D eigenvalue weighted by molar-refractivity contribution is 0.0925. The van der Waals surface area contributed by atoms with Crippen molar-refractivity contribution in [2.45, 2.75) is 0 Å². The number of hydrogen-bond donors (Lipinski definition) is 0. The lowest BCUT2D eigenvalue weighted by Crippen LogP contribution is -2.30. The predicted molar refractivity (Wildman–Crippen MR) is 71.6 cm³/mol. The number of carbonyl (C=O) groups excluding carboxylic acids is 2. The number of nitrogens with zero attached hydrogens (tertiary/aromatic N) is 1. The minimum absolute atomic E-state index is 0.0737. The van der Waals surface area contributed by atoms with Crippen LogP contribution >= 0.6 is 15.9 Å². The number of anilines is 1. The van der Waals surface area contributed by atoms with E-state index in [1.807, 2.05) is 0 Å². The Balaban J connectivity index is 2.17. The monoisotopic (exact) mass is 337 g/mol. The first-order valence-electron chi connectivity index (χ1n) is 5.63. The largest absolute Gasteiger partial charge is 0.268 e. The third kappa shape index (κ3) is 1.76. The van der Waals surface area contributed by atoms with E-state index in [0.29, 0.717) is 4.90 Å². The van der Waals surface area contributed by atoms with Crippen LogP contribution in [0.4, 0.5) is 14.5 Å². The highest BCUT2D eigenvalue weighted by Gasteiger charge is 2.37. The van der Waals surface area contributed by atoms with Crippen molar-refractivity contribution in [2.24, 2.45) is 0 Å². The molecule has 0 saturated heterocycles. The molecule has 2 aromatic rings. The van der Waals surface area contributed by atoms with Crippen LogP contribution in [0.2, 0.25) is 0 Å². The zero-order valence-electron chi connectivity index (χ0n) is 9.86. The third-order valence-corrected chi connectivity index (χ3v) is 3.63. The van der Waals surface area contributed by atoms with E-state index in [1.54, 1.807) is 12.1 Å². The van der Waals surface area contributed by atoms with Crippen molar-refractivity contribution in [1.82, 2.24) is 0 Å². The summed E-state index contributed by atoms with van der Waals surface area (Å²) in [5, 5.41) is 0. The van der Waals surface area contributed by atoms with Crippen LogP contribution in [0.1, 0.15) is 20.7 Å². The van der Waals surface area contributed by atoms with Crippen LogP contribution in [-0.4, -0.2) is 11.8 Å². The predicted octanol–water partition coefficient (Wildman–Crippen LogP) is 3.53. The van der Waals surface area contributed by atoms with Crippen LogP contribution < -0.4 is 4.90 Å². The highest BCUT2D eigenvalue weighted by molar-refractivity contribution is 9.10. The van der Waals surface area contributed by atoms with Crippen molar-refractivity contribution < 1.29 is 18.4 Å². The summed E-state index contributed by atoms with van der Waals surface area (Å²) in [4.78, 5) is 25.0. The third-order valence-electron chi connectivity index (χ3n) is 3.02. The van der Waals surface area contributed by atoms with Crippen LogP contribution in [0, 0.1) is 11.6 Å². The SMILES string of the molecule is O=C1c2ccccc2C(=O)N1c1cc(F)c(Br)cc1F. The molecule has 6 heteroatoms. The Labute approximate surface area is 120 Å². The summed E-state index contributed by atoms with van der Waals surface area (Å²) in [6, 6.07) is 7.86. The van der Waals surface area contributed by atoms with Gasteiger partial charge in [0, 0.05) is 6.07 Å². The Bertz CT molecular complexity index is 726. The molecule has 0 N–H and O–H groups in total. The molecule has 0 aliphatic carbocycles. The van der Waals surface area contributed by atoms with Gasteiger partial charge in [0.1, 0.15) is 11.6 Å². The number of amides is 2. The Morgan fingerprint density at radius 1 is 0.900 bits per heavy atom. The average Bonchev–Trinajstić information content (AvgIpc) is 2.68. The number of benzene rings is 2. The van der Waals surface area contributed by atoms with Crippen molar-refractivity contribution in [1.29, 1.82) is 0 Å². The van der Waals surface area contributed by atoms with Crippen LogP contribution in [0.15, 0.2) is 40.9 Å². The maximum atomic E-state index is 13.9. The van der Waals surface area contributed by atoms with Gasteiger partial charge in [0.25, 0.3) is 11.8 Å². The maximum Gasteiger partial charge on any atom is 0.266 e. The van der Waals surface area contributed by atoms with Crippen LogP contribution in [0.25, 0.3) is 0 Å². The highest BCUT2D eigenvalue weighted by Crippen LogP contribution is 2.32. The Kier molecular flexibility index (Phi) is 2.90. The molecule has 0 aromatic heterocycles. The lowest BCUT2D eigenvalue weighted by atomic mass is 10.1. The van der Waals surface area contributed by atoms with Gasteiger partial charge in [-0.1, -0.05) is 12.1 Å². The molecule has 3 rings (SSSR count). The molecule has 0 saturated carbocycles. The zero-order chi connectivity index (χ0) is 14.4. The Morgan fingerprint density at radius 3 is 2.00 bits per heavy atom. The molecule has 0 radical (unpaired) electrons. The summed E-state index contributed by atoms with van der Waals surface area (Å²) in [5.74, 6) is -2.93. The van der Waals surface area contributed by atoms with Gasteiger partial charge in [-0.05, 0) is 34.1 Å². The van der Waals surface area contributed by atoms with Crippen molar-refractivity contribution in [3.63, 3.8) is 0 Å². The van der Waals surface area contributed by atoms with Gasteiger partial charge in [0.05, 0.1) is 21.3 Å². The fourth-order valence-electron chi connectivity index (χ4n) is 2.09. The smallest absolute Gasteiger partial charge is 0.266 e. The Hall–Kier alpha value is -2.08. The standard InChI is InChI=1S/C14H6BrF2NO2/c15-9-5-11(17)12(6-10(9)16)18-13(19)7-3-1-2-4-8(7)14(18)20/h1-6H. The lowest BCUT2D eigenvalue weighted by Gasteiger charge is -2.15. The molecule has 2 amide bonds. The van der Waals surface area contributed by atoms with Gasteiger partial charge in [-0.2, -0.15) is 0 Å². The van der Waals surface area contributed by atoms with E-state index in [9.17, 15) is 18.4 Å². The first-order valence-corrected chi connectivity index (χ1v) is 6.42.